The smallest absolute Gasteiger partial charge is 0.238 e. The van der Waals surface area contributed by atoms with Crippen LogP contribution in [0.2, 0.25) is 0 Å². The van der Waals surface area contributed by atoms with E-state index in [0.29, 0.717) is 0 Å². The molecule has 1 saturated heterocycles. The van der Waals surface area contributed by atoms with E-state index >= 15 is 0 Å². The molecular weight excluding hydrogens is 291 g/mol. The molecule has 3 N–H and O–H groups in total. The van der Waals surface area contributed by atoms with Gasteiger partial charge in [0, 0.05) is 23.7 Å². The summed E-state index contributed by atoms with van der Waals surface area (Å²) in [5, 5.41) is 15.5. The number of aliphatic hydroxyl groups is 1. The summed E-state index contributed by atoms with van der Waals surface area (Å²) < 4.78 is 13.4. The van der Waals surface area contributed by atoms with E-state index in [-0.39, 0.29) is 36.5 Å². The van der Waals surface area contributed by atoms with Crippen LogP contribution in [0.1, 0.15) is 11.7 Å². The van der Waals surface area contributed by atoms with E-state index in [0.717, 1.165) is 11.6 Å². The van der Waals surface area contributed by atoms with Crippen molar-refractivity contribution in [2.45, 2.75) is 12.1 Å². The first-order chi connectivity index (χ1) is 8.68. The zero-order valence-electron chi connectivity index (χ0n) is 10.1. The molecule has 1 aliphatic rings. The minimum Gasteiger partial charge on any atom is -0.386 e. The Morgan fingerprint density at radius 3 is 2.95 bits per heavy atom. The van der Waals surface area contributed by atoms with Crippen LogP contribution in [0, 0.1) is 5.82 Å². The van der Waals surface area contributed by atoms with Crippen LogP contribution in [-0.2, 0) is 4.79 Å². The van der Waals surface area contributed by atoms with Gasteiger partial charge in [-0.2, -0.15) is 0 Å². The molecule has 106 valence electrons. The van der Waals surface area contributed by atoms with Crippen molar-refractivity contribution in [1.82, 2.24) is 10.6 Å². The highest BCUT2D eigenvalue weighted by atomic mass is 35.5. The van der Waals surface area contributed by atoms with Gasteiger partial charge in [-0.05, 0) is 6.07 Å². The predicted molar refractivity (Wildman–Crippen MR) is 75.9 cm³/mol. The van der Waals surface area contributed by atoms with Crippen LogP contribution < -0.4 is 10.6 Å². The number of halogens is 2. The molecule has 0 spiro atoms. The van der Waals surface area contributed by atoms with Gasteiger partial charge in [0.1, 0.15) is 5.82 Å². The van der Waals surface area contributed by atoms with Gasteiger partial charge in [-0.15, -0.1) is 24.2 Å². The van der Waals surface area contributed by atoms with Gasteiger partial charge in [0.05, 0.1) is 12.1 Å². The first kappa shape index (κ1) is 16.2. The molecule has 0 saturated carbocycles. The first-order valence-corrected chi connectivity index (χ1v) is 6.85. The second-order valence-corrected chi connectivity index (χ2v) is 5.08. The van der Waals surface area contributed by atoms with Gasteiger partial charge in [0.25, 0.3) is 0 Å². The molecular formula is C12H16ClFN2O2S. The van der Waals surface area contributed by atoms with Gasteiger partial charge in [0.15, 0.2) is 0 Å². The van der Waals surface area contributed by atoms with E-state index in [4.69, 9.17) is 0 Å². The van der Waals surface area contributed by atoms with Gasteiger partial charge in [0.2, 0.25) is 5.91 Å². The summed E-state index contributed by atoms with van der Waals surface area (Å²) in [6.07, 6.45) is -1.02. The maximum Gasteiger partial charge on any atom is 0.238 e. The molecule has 1 fully saturated rings. The summed E-state index contributed by atoms with van der Waals surface area (Å²) in [5.41, 5.74) is 0.201. The van der Waals surface area contributed by atoms with Gasteiger partial charge in [-0.1, -0.05) is 18.2 Å². The Morgan fingerprint density at radius 2 is 2.32 bits per heavy atom. The third-order valence-electron chi connectivity index (χ3n) is 2.77. The average molecular weight is 307 g/mol. The molecule has 0 aromatic heterocycles. The largest absolute Gasteiger partial charge is 0.386 e. The zero-order valence-corrected chi connectivity index (χ0v) is 11.8. The molecule has 1 aromatic rings. The molecule has 2 rings (SSSR count). The molecule has 2 atom stereocenters. The lowest BCUT2D eigenvalue weighted by atomic mass is 10.1. The summed E-state index contributed by atoms with van der Waals surface area (Å²) in [6, 6.07) is 5.79. The normalized spacial score (nSPS) is 19.6. The highest BCUT2D eigenvalue weighted by Gasteiger charge is 2.23. The molecule has 4 nitrogen and oxygen atoms in total. The van der Waals surface area contributed by atoms with Crippen molar-refractivity contribution in [3.8, 4) is 0 Å². The second-order valence-electron chi connectivity index (χ2n) is 4.05. The van der Waals surface area contributed by atoms with Crippen LogP contribution in [-0.4, -0.2) is 35.2 Å². The highest BCUT2D eigenvalue weighted by molar-refractivity contribution is 7.99. The topological polar surface area (TPSA) is 61.4 Å². The lowest BCUT2D eigenvalue weighted by Gasteiger charge is -2.15. The Kier molecular flexibility index (Phi) is 6.57. The molecule has 19 heavy (non-hydrogen) atoms. The second kappa shape index (κ2) is 7.69. The number of thioether (sulfide) groups is 1. The van der Waals surface area contributed by atoms with Crippen molar-refractivity contribution in [3.05, 3.63) is 35.6 Å². The van der Waals surface area contributed by atoms with Crippen molar-refractivity contribution >= 4 is 30.1 Å². The third-order valence-corrected chi connectivity index (χ3v) is 3.71. The third kappa shape index (κ3) is 4.35. The van der Waals surface area contributed by atoms with E-state index < -0.39 is 11.9 Å². The van der Waals surface area contributed by atoms with Crippen molar-refractivity contribution in [2.24, 2.45) is 0 Å². The maximum absolute atomic E-state index is 13.4. The Labute approximate surface area is 121 Å². The molecule has 1 aromatic carbocycles. The van der Waals surface area contributed by atoms with Crippen LogP contribution >= 0.6 is 24.2 Å². The summed E-state index contributed by atoms with van der Waals surface area (Å²) >= 11 is 1.65. The van der Waals surface area contributed by atoms with Crippen molar-refractivity contribution in [1.29, 1.82) is 0 Å². The SMILES string of the molecule is Cl.O=C(NCC(O)c1ccccc1F)[C@H]1CSCN1. The van der Waals surface area contributed by atoms with Crippen LogP contribution in [0.25, 0.3) is 0 Å². The molecule has 1 amide bonds. The number of nitrogens with one attached hydrogen (secondary N) is 2. The van der Waals surface area contributed by atoms with Crippen molar-refractivity contribution in [2.75, 3.05) is 18.2 Å². The molecule has 0 aliphatic carbocycles. The fourth-order valence-electron chi connectivity index (χ4n) is 1.74. The number of hydrogen-bond acceptors (Lipinski definition) is 4. The minimum atomic E-state index is -1.02. The quantitative estimate of drug-likeness (QED) is 0.778. The first-order valence-electron chi connectivity index (χ1n) is 5.70. The van der Waals surface area contributed by atoms with Gasteiger partial charge < -0.3 is 10.4 Å². The Hall–Kier alpha value is -0.820. The number of benzene rings is 1. The molecule has 1 heterocycles. The van der Waals surface area contributed by atoms with Crippen LogP contribution in [0.5, 0.6) is 0 Å². The van der Waals surface area contributed by atoms with E-state index in [1.807, 2.05) is 0 Å². The van der Waals surface area contributed by atoms with Crippen LogP contribution in [0.15, 0.2) is 24.3 Å². The number of carbonyl (C=O) groups is 1. The standard InChI is InChI=1S/C12H15FN2O2S.ClH/c13-9-4-2-1-3-8(9)11(16)5-14-12(17)10-6-18-7-15-10;/h1-4,10-11,15-16H,5-7H2,(H,14,17);1H/t10-,11?;/m1./s1. The van der Waals surface area contributed by atoms with Crippen molar-refractivity contribution in [3.63, 3.8) is 0 Å². The molecule has 0 radical (unpaired) electrons. The van der Waals surface area contributed by atoms with E-state index in [9.17, 15) is 14.3 Å². The van der Waals surface area contributed by atoms with Crippen LogP contribution in [0.3, 0.4) is 0 Å². The molecule has 1 unspecified atom stereocenters. The summed E-state index contributed by atoms with van der Waals surface area (Å²) in [5.74, 6) is 0.861. The van der Waals surface area contributed by atoms with Crippen molar-refractivity contribution < 1.29 is 14.3 Å². The number of amides is 1. The fourth-order valence-corrected chi connectivity index (χ4v) is 2.68. The van der Waals surface area contributed by atoms with E-state index in [1.54, 1.807) is 23.9 Å². The Bertz CT molecular complexity index is 430. The van der Waals surface area contributed by atoms with E-state index in [1.165, 1.54) is 12.1 Å². The molecule has 1 aliphatic heterocycles. The number of hydrogen-bond donors (Lipinski definition) is 3. The highest BCUT2D eigenvalue weighted by Crippen LogP contribution is 2.16. The average Bonchev–Trinajstić information content (AvgIpc) is 2.90. The monoisotopic (exact) mass is 306 g/mol. The Balaban J connectivity index is 0.00000180. The zero-order chi connectivity index (χ0) is 13.0. The number of rotatable bonds is 4. The Morgan fingerprint density at radius 1 is 1.58 bits per heavy atom. The van der Waals surface area contributed by atoms with Gasteiger partial charge >= 0.3 is 0 Å². The van der Waals surface area contributed by atoms with Crippen LogP contribution in [0.4, 0.5) is 4.39 Å². The summed E-state index contributed by atoms with van der Waals surface area (Å²) in [6.45, 7) is 0.0165. The van der Waals surface area contributed by atoms with E-state index in [2.05, 4.69) is 10.6 Å². The summed E-state index contributed by atoms with van der Waals surface area (Å²) in [7, 11) is 0. The number of carbonyl (C=O) groups excluding carboxylic acids is 1. The van der Waals surface area contributed by atoms with Gasteiger partial charge in [-0.3, -0.25) is 10.1 Å². The van der Waals surface area contributed by atoms with Gasteiger partial charge in [-0.25, -0.2) is 4.39 Å². The predicted octanol–water partition coefficient (Wildman–Crippen LogP) is 1.06. The fraction of sp³-hybridized carbons (Fsp3) is 0.417. The minimum absolute atomic E-state index is 0. The lowest BCUT2D eigenvalue weighted by molar-refractivity contribution is -0.122. The summed E-state index contributed by atoms with van der Waals surface area (Å²) in [4.78, 5) is 11.7. The molecule has 0 bridgehead atoms. The number of aliphatic hydroxyl groups excluding tert-OH is 1. The lowest BCUT2D eigenvalue weighted by Crippen LogP contribution is -2.43. The maximum atomic E-state index is 13.4. The molecule has 7 heteroatoms.